The second kappa shape index (κ2) is 10.7. The normalized spacial score (nSPS) is 20.2. The minimum Gasteiger partial charge on any atom is -0.491 e. The number of β-amino-alcohol motifs (C(OH)–C–C–N with tert-alkyl or cyclic N) is 1. The van der Waals surface area contributed by atoms with Crippen molar-refractivity contribution in [2.75, 3.05) is 65.6 Å². The minimum absolute atomic E-state index is 0.191. The van der Waals surface area contributed by atoms with Gasteiger partial charge in [0.15, 0.2) is 0 Å². The molecular weight excluding hydrogens is 430 g/mol. The van der Waals surface area contributed by atoms with Crippen molar-refractivity contribution in [1.29, 1.82) is 0 Å². The van der Waals surface area contributed by atoms with Crippen LogP contribution in [0.3, 0.4) is 0 Å². The molecule has 0 unspecified atom stereocenters. The molecule has 2 saturated heterocycles. The van der Waals surface area contributed by atoms with Gasteiger partial charge in [0.2, 0.25) is 0 Å². The molecule has 8 nitrogen and oxygen atoms in total. The third-order valence-electron chi connectivity index (χ3n) is 5.83. The number of aliphatic hydroxyl groups is 1. The number of benzene rings is 2. The van der Waals surface area contributed by atoms with E-state index in [1.807, 2.05) is 42.5 Å². The maximum atomic E-state index is 12.8. The van der Waals surface area contributed by atoms with E-state index >= 15 is 0 Å². The van der Waals surface area contributed by atoms with Gasteiger partial charge in [0.1, 0.15) is 18.5 Å². The highest BCUT2D eigenvalue weighted by Gasteiger charge is 2.33. The Labute approximate surface area is 190 Å². The number of morpholine rings is 1. The summed E-state index contributed by atoms with van der Waals surface area (Å²) in [5.74, 6) is 0.713. The summed E-state index contributed by atoms with van der Waals surface area (Å²) >= 11 is 0. The fraction of sp³-hybridized carbons (Fsp3) is 0.478. The van der Waals surface area contributed by atoms with E-state index in [1.54, 1.807) is 0 Å². The molecule has 2 fully saturated rings. The SMILES string of the molecule is O=S(=O)(N1CCOCC1)N1CCN(C[C@H](O)COc2ccc(-c3ccccc3)cc2)CC1. The number of nitrogens with zero attached hydrogens (tertiary/aromatic N) is 3. The summed E-state index contributed by atoms with van der Waals surface area (Å²) in [5, 5.41) is 10.4. The number of ether oxygens (including phenoxy) is 2. The molecule has 0 radical (unpaired) electrons. The average molecular weight is 462 g/mol. The Morgan fingerprint density at radius 3 is 2.09 bits per heavy atom. The summed E-state index contributed by atoms with van der Waals surface area (Å²) < 4.78 is 39.5. The number of hydrogen-bond donors (Lipinski definition) is 1. The number of rotatable bonds is 8. The average Bonchev–Trinajstić information content (AvgIpc) is 2.84. The van der Waals surface area contributed by atoms with Crippen molar-refractivity contribution in [2.24, 2.45) is 0 Å². The highest BCUT2D eigenvalue weighted by molar-refractivity contribution is 7.86. The summed E-state index contributed by atoms with van der Waals surface area (Å²) in [4.78, 5) is 2.08. The standard InChI is InChI=1S/C23H31N3O5S/c27-22(19-31-23-8-6-21(7-9-23)20-4-2-1-3-5-20)18-24-10-12-25(13-11-24)32(28,29)26-14-16-30-17-15-26/h1-9,22,27H,10-19H2/t22-/m0/s1. The van der Waals surface area contributed by atoms with Gasteiger partial charge in [-0.15, -0.1) is 0 Å². The first-order valence-electron chi connectivity index (χ1n) is 11.0. The van der Waals surface area contributed by atoms with Gasteiger partial charge in [0.05, 0.1) is 13.2 Å². The molecule has 2 aromatic carbocycles. The van der Waals surface area contributed by atoms with E-state index in [0.717, 1.165) is 11.1 Å². The molecule has 0 amide bonds. The van der Waals surface area contributed by atoms with Crippen molar-refractivity contribution in [3.05, 3.63) is 54.6 Å². The molecule has 0 bridgehead atoms. The lowest BCUT2D eigenvalue weighted by Crippen LogP contribution is -2.55. The van der Waals surface area contributed by atoms with Gasteiger partial charge < -0.3 is 14.6 Å². The highest BCUT2D eigenvalue weighted by Crippen LogP contribution is 2.22. The van der Waals surface area contributed by atoms with Gasteiger partial charge in [0.25, 0.3) is 10.2 Å². The fourth-order valence-electron chi connectivity index (χ4n) is 4.00. The second-order valence-electron chi connectivity index (χ2n) is 8.07. The third-order valence-corrected chi connectivity index (χ3v) is 7.86. The number of hydrogen-bond acceptors (Lipinski definition) is 6. The van der Waals surface area contributed by atoms with Crippen LogP contribution >= 0.6 is 0 Å². The first-order valence-corrected chi connectivity index (χ1v) is 12.4. The lowest BCUT2D eigenvalue weighted by molar-refractivity contribution is 0.0526. The van der Waals surface area contributed by atoms with Crippen LogP contribution in [0.2, 0.25) is 0 Å². The van der Waals surface area contributed by atoms with Crippen molar-refractivity contribution in [3.8, 4) is 16.9 Å². The Morgan fingerprint density at radius 1 is 0.844 bits per heavy atom. The van der Waals surface area contributed by atoms with Crippen LogP contribution < -0.4 is 4.74 Å². The zero-order valence-corrected chi connectivity index (χ0v) is 19.0. The molecule has 2 aliphatic rings. The van der Waals surface area contributed by atoms with Gasteiger partial charge in [-0.05, 0) is 23.3 Å². The summed E-state index contributed by atoms with van der Waals surface area (Å²) in [6, 6.07) is 18.0. The zero-order chi connectivity index (χ0) is 22.4. The topological polar surface area (TPSA) is 82.6 Å². The van der Waals surface area contributed by atoms with Crippen LogP contribution in [-0.4, -0.2) is 98.8 Å². The smallest absolute Gasteiger partial charge is 0.282 e. The van der Waals surface area contributed by atoms with Gasteiger partial charge >= 0.3 is 0 Å². The summed E-state index contributed by atoms with van der Waals surface area (Å²) in [6.07, 6.45) is -0.647. The van der Waals surface area contributed by atoms with Crippen LogP contribution in [0.15, 0.2) is 54.6 Å². The number of piperazine rings is 1. The van der Waals surface area contributed by atoms with E-state index in [2.05, 4.69) is 17.0 Å². The summed E-state index contributed by atoms with van der Waals surface area (Å²) in [7, 11) is -3.43. The molecule has 2 heterocycles. The molecule has 32 heavy (non-hydrogen) atoms. The summed E-state index contributed by atoms with van der Waals surface area (Å²) in [5.41, 5.74) is 2.26. The van der Waals surface area contributed by atoms with E-state index in [9.17, 15) is 13.5 Å². The Balaban J connectivity index is 1.20. The predicted octanol–water partition coefficient (Wildman–Crippen LogP) is 1.29. The van der Waals surface area contributed by atoms with Crippen molar-refractivity contribution in [1.82, 2.24) is 13.5 Å². The van der Waals surface area contributed by atoms with E-state index in [4.69, 9.17) is 9.47 Å². The second-order valence-corrected chi connectivity index (χ2v) is 10.0. The largest absolute Gasteiger partial charge is 0.491 e. The van der Waals surface area contributed by atoms with Crippen molar-refractivity contribution in [3.63, 3.8) is 0 Å². The van der Waals surface area contributed by atoms with Crippen LogP contribution in [0.4, 0.5) is 0 Å². The van der Waals surface area contributed by atoms with E-state index in [1.165, 1.54) is 8.61 Å². The van der Waals surface area contributed by atoms with Crippen molar-refractivity contribution in [2.45, 2.75) is 6.10 Å². The molecule has 0 saturated carbocycles. The highest BCUT2D eigenvalue weighted by atomic mass is 32.2. The maximum Gasteiger partial charge on any atom is 0.282 e. The summed E-state index contributed by atoms with van der Waals surface area (Å²) in [6.45, 7) is 4.38. The molecule has 1 atom stereocenters. The van der Waals surface area contributed by atoms with E-state index < -0.39 is 16.3 Å². The molecular formula is C23H31N3O5S. The van der Waals surface area contributed by atoms with Crippen LogP contribution in [0, 0.1) is 0 Å². The zero-order valence-electron chi connectivity index (χ0n) is 18.2. The monoisotopic (exact) mass is 461 g/mol. The first-order chi connectivity index (χ1) is 15.5. The Kier molecular flexibility index (Phi) is 7.77. The predicted molar refractivity (Wildman–Crippen MR) is 123 cm³/mol. The molecule has 0 aliphatic carbocycles. The molecule has 4 rings (SSSR count). The Morgan fingerprint density at radius 2 is 1.44 bits per heavy atom. The lowest BCUT2D eigenvalue weighted by Gasteiger charge is -2.38. The third kappa shape index (κ3) is 5.86. The minimum atomic E-state index is -3.43. The molecule has 0 aromatic heterocycles. The van der Waals surface area contributed by atoms with Gasteiger partial charge in [-0.2, -0.15) is 17.0 Å². The fourth-order valence-corrected chi connectivity index (χ4v) is 5.56. The quantitative estimate of drug-likeness (QED) is 0.638. The van der Waals surface area contributed by atoms with Crippen molar-refractivity contribution < 1.29 is 23.0 Å². The van der Waals surface area contributed by atoms with Gasteiger partial charge in [0, 0.05) is 45.8 Å². The Hall–Kier alpha value is -2.01. The van der Waals surface area contributed by atoms with E-state index in [-0.39, 0.29) is 6.61 Å². The van der Waals surface area contributed by atoms with Crippen LogP contribution in [-0.2, 0) is 14.9 Å². The lowest BCUT2D eigenvalue weighted by atomic mass is 10.1. The number of aliphatic hydroxyl groups excluding tert-OH is 1. The maximum absolute atomic E-state index is 12.8. The van der Waals surface area contributed by atoms with Crippen LogP contribution in [0.5, 0.6) is 5.75 Å². The Bertz CT molecular complexity index is 941. The molecule has 174 valence electrons. The van der Waals surface area contributed by atoms with Crippen LogP contribution in [0.25, 0.3) is 11.1 Å². The van der Waals surface area contributed by atoms with Gasteiger partial charge in [-0.1, -0.05) is 42.5 Å². The molecule has 9 heteroatoms. The molecule has 0 spiro atoms. The van der Waals surface area contributed by atoms with E-state index in [0.29, 0.717) is 64.8 Å². The van der Waals surface area contributed by atoms with Crippen molar-refractivity contribution >= 4 is 10.2 Å². The molecule has 2 aromatic rings. The van der Waals surface area contributed by atoms with Gasteiger partial charge in [-0.3, -0.25) is 4.90 Å². The first kappa shape index (κ1) is 23.2. The van der Waals surface area contributed by atoms with Crippen LogP contribution in [0.1, 0.15) is 0 Å². The van der Waals surface area contributed by atoms with Gasteiger partial charge in [-0.25, -0.2) is 0 Å². The molecule has 2 aliphatic heterocycles. The molecule has 1 N–H and O–H groups in total.